The molecule has 0 bridgehead atoms. The van der Waals surface area contributed by atoms with E-state index in [-0.39, 0.29) is 41.5 Å². The molecular weight excluding hydrogens is 550 g/mol. The van der Waals surface area contributed by atoms with Crippen LogP contribution in [0.4, 0.5) is 0 Å². The van der Waals surface area contributed by atoms with Crippen molar-refractivity contribution in [3.8, 4) is 11.1 Å². The number of aryl methyl sites for hydroxylation is 3. The van der Waals surface area contributed by atoms with Crippen LogP contribution in [0.1, 0.15) is 86.2 Å². The molecule has 1 amide bonds. The monoisotopic (exact) mass is 591 g/mol. The molecule has 2 aromatic heterocycles. The third-order valence-electron chi connectivity index (χ3n) is 9.54. The Morgan fingerprint density at radius 3 is 2.39 bits per heavy atom. The highest BCUT2D eigenvalue weighted by atomic mass is 16.2. The summed E-state index contributed by atoms with van der Waals surface area (Å²) in [5.74, 6) is 0.593. The average molecular weight is 592 g/mol. The number of nitrogens with zero attached hydrogens (tertiary/aromatic N) is 5. The standard InChI is InChI=1S/C36H41N5O3/c1-23-16-27(28-20-37-25(3)38-21-28)17-29-34(24(2)42)39-40(35(23)29)22-33(44)41-30(18-36(4)19-32(36)41)31(43)15-11-6-5-8-12-26-13-9-7-10-14-26/h7,9-10,13-14,16-17,20-21,30,32H,5-6,8,11-12,15,18-19,22H2,1-4H3/t30-,32+,36-/m0/s1. The Kier molecular flexibility index (Phi) is 8.18. The van der Waals surface area contributed by atoms with E-state index in [1.165, 1.54) is 12.5 Å². The van der Waals surface area contributed by atoms with Gasteiger partial charge in [-0.2, -0.15) is 5.10 Å². The number of piperidine rings is 1. The van der Waals surface area contributed by atoms with Crippen LogP contribution in [-0.2, 0) is 22.6 Å². The Labute approximate surface area is 258 Å². The second kappa shape index (κ2) is 12.1. The summed E-state index contributed by atoms with van der Waals surface area (Å²) in [6, 6.07) is 14.2. The maximum absolute atomic E-state index is 13.9. The van der Waals surface area contributed by atoms with Gasteiger partial charge in [0.25, 0.3) is 0 Å². The fraction of sp³-hybridized carbons (Fsp3) is 0.444. The lowest BCUT2D eigenvalue weighted by Gasteiger charge is -2.27. The van der Waals surface area contributed by atoms with Crippen molar-refractivity contribution in [2.24, 2.45) is 5.41 Å². The van der Waals surface area contributed by atoms with Crippen LogP contribution in [0, 0.1) is 19.3 Å². The number of unbranched alkanes of at least 4 members (excludes halogenated alkanes) is 3. The van der Waals surface area contributed by atoms with E-state index in [4.69, 9.17) is 0 Å². The maximum Gasteiger partial charge on any atom is 0.245 e. The van der Waals surface area contributed by atoms with Gasteiger partial charge in [0.15, 0.2) is 11.6 Å². The summed E-state index contributed by atoms with van der Waals surface area (Å²) in [5, 5.41) is 5.35. The molecule has 4 aromatic rings. The summed E-state index contributed by atoms with van der Waals surface area (Å²) >= 11 is 0. The van der Waals surface area contributed by atoms with Gasteiger partial charge in [-0.05, 0) is 80.2 Å². The molecule has 1 saturated heterocycles. The molecule has 228 valence electrons. The van der Waals surface area contributed by atoms with E-state index in [2.05, 4.69) is 46.3 Å². The van der Waals surface area contributed by atoms with Gasteiger partial charge in [-0.3, -0.25) is 19.1 Å². The van der Waals surface area contributed by atoms with E-state index < -0.39 is 0 Å². The van der Waals surface area contributed by atoms with Gasteiger partial charge in [0.1, 0.15) is 18.1 Å². The van der Waals surface area contributed by atoms with E-state index in [0.717, 1.165) is 67.2 Å². The van der Waals surface area contributed by atoms with Crippen molar-refractivity contribution in [2.75, 3.05) is 0 Å². The SMILES string of the molecule is CC(=O)c1nn(CC(=O)N2[C@H](C(=O)CCCCCCc3ccccc3)C[C@@]3(C)C[C@@H]23)c2c(C)cc(-c3cnc(C)nc3)cc12. The maximum atomic E-state index is 13.9. The zero-order valence-corrected chi connectivity index (χ0v) is 26.2. The second-order valence-corrected chi connectivity index (χ2v) is 13.0. The molecule has 0 spiro atoms. The number of likely N-dealkylation sites (tertiary alicyclic amines) is 1. The van der Waals surface area contributed by atoms with E-state index >= 15 is 0 Å². The van der Waals surface area contributed by atoms with Gasteiger partial charge < -0.3 is 4.90 Å². The van der Waals surface area contributed by atoms with Crippen molar-refractivity contribution in [1.82, 2.24) is 24.6 Å². The van der Waals surface area contributed by atoms with Crippen molar-refractivity contribution < 1.29 is 14.4 Å². The number of benzene rings is 2. The molecule has 2 aromatic carbocycles. The van der Waals surface area contributed by atoms with Crippen LogP contribution in [0.2, 0.25) is 0 Å². The Balaban J connectivity index is 1.15. The van der Waals surface area contributed by atoms with Crippen molar-refractivity contribution in [3.63, 3.8) is 0 Å². The molecule has 8 nitrogen and oxygen atoms in total. The van der Waals surface area contributed by atoms with Crippen molar-refractivity contribution in [1.29, 1.82) is 0 Å². The second-order valence-electron chi connectivity index (χ2n) is 13.0. The zero-order chi connectivity index (χ0) is 31.0. The number of carbonyl (C=O) groups is 3. The molecule has 1 aliphatic heterocycles. The Morgan fingerprint density at radius 1 is 0.932 bits per heavy atom. The largest absolute Gasteiger partial charge is 0.327 e. The number of ketones is 2. The molecular formula is C36H41N5O3. The first-order valence-electron chi connectivity index (χ1n) is 15.8. The van der Waals surface area contributed by atoms with Crippen LogP contribution in [0.25, 0.3) is 22.0 Å². The molecule has 2 fully saturated rings. The summed E-state index contributed by atoms with van der Waals surface area (Å²) in [6.45, 7) is 7.48. The van der Waals surface area contributed by atoms with Crippen LogP contribution in [0.5, 0.6) is 0 Å². The van der Waals surface area contributed by atoms with E-state index in [0.29, 0.717) is 23.3 Å². The third-order valence-corrected chi connectivity index (χ3v) is 9.54. The molecule has 2 aliphatic rings. The first kappa shape index (κ1) is 29.9. The molecule has 3 atom stereocenters. The highest BCUT2D eigenvalue weighted by molar-refractivity contribution is 6.07. The van der Waals surface area contributed by atoms with Gasteiger partial charge >= 0.3 is 0 Å². The van der Waals surface area contributed by atoms with Gasteiger partial charge in [0, 0.05) is 42.7 Å². The number of hydrogen-bond donors (Lipinski definition) is 0. The average Bonchev–Trinajstić information content (AvgIpc) is 3.35. The predicted octanol–water partition coefficient (Wildman–Crippen LogP) is 6.45. The van der Waals surface area contributed by atoms with Crippen molar-refractivity contribution >= 4 is 28.4 Å². The number of aromatic nitrogens is 4. The first-order chi connectivity index (χ1) is 21.1. The smallest absolute Gasteiger partial charge is 0.245 e. The summed E-state index contributed by atoms with van der Waals surface area (Å²) in [5.41, 5.74) is 5.11. The van der Waals surface area contributed by atoms with Crippen LogP contribution < -0.4 is 0 Å². The number of hydrogen-bond acceptors (Lipinski definition) is 6. The lowest BCUT2D eigenvalue weighted by Crippen LogP contribution is -2.44. The minimum absolute atomic E-state index is 0.00649. The van der Waals surface area contributed by atoms with Crippen LogP contribution in [0.15, 0.2) is 54.9 Å². The van der Waals surface area contributed by atoms with Gasteiger partial charge in [0.2, 0.25) is 5.91 Å². The van der Waals surface area contributed by atoms with Crippen molar-refractivity contribution in [3.05, 3.63) is 77.5 Å². The summed E-state index contributed by atoms with van der Waals surface area (Å²) in [4.78, 5) is 50.5. The number of amides is 1. The summed E-state index contributed by atoms with van der Waals surface area (Å²) in [6.07, 6.45) is 10.9. The molecule has 1 saturated carbocycles. The fourth-order valence-electron chi connectivity index (χ4n) is 7.02. The minimum Gasteiger partial charge on any atom is -0.327 e. The van der Waals surface area contributed by atoms with Gasteiger partial charge in [-0.1, -0.05) is 50.1 Å². The summed E-state index contributed by atoms with van der Waals surface area (Å²) < 4.78 is 1.66. The number of rotatable bonds is 12. The highest BCUT2D eigenvalue weighted by Crippen LogP contribution is 2.59. The topological polar surface area (TPSA) is 98.1 Å². The summed E-state index contributed by atoms with van der Waals surface area (Å²) in [7, 11) is 0. The first-order valence-corrected chi connectivity index (χ1v) is 15.8. The highest BCUT2D eigenvalue weighted by Gasteiger charge is 2.64. The zero-order valence-electron chi connectivity index (χ0n) is 26.2. The molecule has 8 heteroatoms. The third kappa shape index (κ3) is 5.94. The van der Waals surface area contributed by atoms with Gasteiger partial charge in [-0.15, -0.1) is 0 Å². The molecule has 1 aliphatic carbocycles. The normalized spacial score (nSPS) is 20.6. The van der Waals surface area contributed by atoms with Crippen LogP contribution >= 0.6 is 0 Å². The Hall–Kier alpha value is -4.20. The van der Waals surface area contributed by atoms with Crippen LogP contribution in [0.3, 0.4) is 0 Å². The van der Waals surface area contributed by atoms with Crippen molar-refractivity contribution in [2.45, 2.75) is 97.7 Å². The Morgan fingerprint density at radius 2 is 1.66 bits per heavy atom. The number of carbonyl (C=O) groups excluding carboxylic acids is 3. The number of fused-ring (bicyclic) bond motifs is 2. The van der Waals surface area contributed by atoms with E-state index in [1.54, 1.807) is 17.1 Å². The van der Waals surface area contributed by atoms with E-state index in [1.807, 2.05) is 36.9 Å². The molecule has 44 heavy (non-hydrogen) atoms. The minimum atomic E-state index is -0.376. The lowest BCUT2D eigenvalue weighted by atomic mass is 9.96. The Bertz CT molecular complexity index is 1710. The fourth-order valence-corrected chi connectivity index (χ4v) is 7.02. The van der Waals surface area contributed by atoms with E-state index in [9.17, 15) is 14.4 Å². The quantitative estimate of drug-likeness (QED) is 0.139. The molecule has 6 rings (SSSR count). The predicted molar refractivity (Wildman–Crippen MR) is 170 cm³/mol. The lowest BCUT2D eigenvalue weighted by molar-refractivity contribution is -0.139. The number of Topliss-reactive ketones (excluding diaryl/α,β-unsaturated/α-hetero) is 2. The van der Waals surface area contributed by atoms with Crippen LogP contribution in [-0.4, -0.2) is 54.2 Å². The molecule has 3 heterocycles. The molecule has 0 unspecified atom stereocenters. The van der Waals surface area contributed by atoms with Gasteiger partial charge in [-0.25, -0.2) is 9.97 Å². The molecule has 0 radical (unpaired) electrons. The van der Waals surface area contributed by atoms with Gasteiger partial charge in [0.05, 0.1) is 11.6 Å². The molecule has 0 N–H and O–H groups in total.